The number of rotatable bonds is 10. The van der Waals surface area contributed by atoms with Gasteiger partial charge in [0.15, 0.2) is 6.29 Å². The van der Waals surface area contributed by atoms with Gasteiger partial charge in [-0.1, -0.05) is 48.5 Å². The normalized spacial score (nSPS) is 18.8. The van der Waals surface area contributed by atoms with E-state index in [4.69, 9.17) is 9.47 Å². The van der Waals surface area contributed by atoms with Crippen molar-refractivity contribution in [2.24, 2.45) is 0 Å². The number of aliphatic hydroxyl groups excluding tert-OH is 1. The van der Waals surface area contributed by atoms with Crippen LogP contribution in [0.5, 0.6) is 0 Å². The van der Waals surface area contributed by atoms with E-state index in [0.717, 1.165) is 38.6 Å². The summed E-state index contributed by atoms with van der Waals surface area (Å²) in [6.45, 7) is 4.37. The van der Waals surface area contributed by atoms with Crippen molar-refractivity contribution in [1.29, 1.82) is 0 Å². The lowest BCUT2D eigenvalue weighted by atomic mass is 10.0. The number of aliphatic hydroxyl groups is 1. The van der Waals surface area contributed by atoms with Gasteiger partial charge in [-0.2, -0.15) is 0 Å². The van der Waals surface area contributed by atoms with Crippen LogP contribution in [0.2, 0.25) is 0 Å². The van der Waals surface area contributed by atoms with Crippen LogP contribution in [0.25, 0.3) is 0 Å². The van der Waals surface area contributed by atoms with Crippen LogP contribution in [-0.2, 0) is 27.4 Å². The third kappa shape index (κ3) is 8.56. The number of thioether (sulfide) groups is 1. The van der Waals surface area contributed by atoms with Crippen molar-refractivity contribution in [2.75, 3.05) is 17.6 Å². The van der Waals surface area contributed by atoms with E-state index in [9.17, 15) is 14.7 Å². The van der Waals surface area contributed by atoms with Gasteiger partial charge in [0, 0.05) is 48.3 Å². The molecule has 0 aromatic heterocycles. The summed E-state index contributed by atoms with van der Waals surface area (Å²) in [5.74, 6) is 0.639. The molecule has 206 valence electrons. The van der Waals surface area contributed by atoms with Gasteiger partial charge >= 0.3 is 6.03 Å². The van der Waals surface area contributed by atoms with Gasteiger partial charge in [-0.15, -0.1) is 11.8 Å². The van der Waals surface area contributed by atoms with Crippen LogP contribution in [-0.4, -0.2) is 35.4 Å². The lowest BCUT2D eigenvalue weighted by Crippen LogP contribution is -2.34. The molecular formula is C30H35N3O5S. The van der Waals surface area contributed by atoms with Crippen molar-refractivity contribution in [3.8, 4) is 0 Å². The third-order valence-corrected chi connectivity index (χ3v) is 7.41. The Labute approximate surface area is 233 Å². The Kier molecular flexibility index (Phi) is 10.4. The first kappa shape index (κ1) is 28.6. The molecule has 3 aromatic carbocycles. The SMILES string of the molecule is CCNC(=O)NCc1ccc([C@@H]2O[C@H](CSc3ccc(NC(C)=O)cc3)C[C@H](c3ccc(CO)cc3)O2)cc1. The molecule has 3 amide bonds. The molecule has 0 bridgehead atoms. The van der Waals surface area contributed by atoms with Crippen LogP contribution in [0.4, 0.5) is 10.5 Å². The van der Waals surface area contributed by atoms with Crippen LogP contribution in [0.3, 0.4) is 0 Å². The smallest absolute Gasteiger partial charge is 0.315 e. The van der Waals surface area contributed by atoms with E-state index in [1.54, 1.807) is 11.8 Å². The van der Waals surface area contributed by atoms with E-state index in [0.29, 0.717) is 19.5 Å². The van der Waals surface area contributed by atoms with Gasteiger partial charge in [0.1, 0.15) is 0 Å². The number of benzene rings is 3. The number of anilines is 1. The first-order valence-corrected chi connectivity index (χ1v) is 14.0. The van der Waals surface area contributed by atoms with Gasteiger partial charge < -0.3 is 30.5 Å². The minimum Gasteiger partial charge on any atom is -0.392 e. The fourth-order valence-corrected chi connectivity index (χ4v) is 5.17. The number of carbonyl (C=O) groups excluding carboxylic acids is 2. The highest BCUT2D eigenvalue weighted by atomic mass is 32.2. The monoisotopic (exact) mass is 549 g/mol. The highest BCUT2D eigenvalue weighted by Gasteiger charge is 2.32. The van der Waals surface area contributed by atoms with Gasteiger partial charge in [-0.25, -0.2) is 4.79 Å². The van der Waals surface area contributed by atoms with E-state index in [-0.39, 0.29) is 30.8 Å². The summed E-state index contributed by atoms with van der Waals surface area (Å²) >= 11 is 1.70. The summed E-state index contributed by atoms with van der Waals surface area (Å²) < 4.78 is 12.8. The Hall–Kier alpha value is -3.37. The minimum atomic E-state index is -0.542. The highest BCUT2D eigenvalue weighted by molar-refractivity contribution is 7.99. The maximum atomic E-state index is 11.7. The molecule has 0 spiro atoms. The predicted octanol–water partition coefficient (Wildman–Crippen LogP) is 5.29. The van der Waals surface area contributed by atoms with Gasteiger partial charge in [0.25, 0.3) is 0 Å². The zero-order valence-corrected chi connectivity index (χ0v) is 23.0. The molecule has 4 rings (SSSR count). The average molecular weight is 550 g/mol. The molecule has 39 heavy (non-hydrogen) atoms. The Morgan fingerprint density at radius 1 is 0.897 bits per heavy atom. The molecule has 3 aromatic rings. The summed E-state index contributed by atoms with van der Waals surface area (Å²) in [6, 6.07) is 23.3. The lowest BCUT2D eigenvalue weighted by Gasteiger charge is -2.36. The Morgan fingerprint density at radius 2 is 1.56 bits per heavy atom. The quantitative estimate of drug-likeness (QED) is 0.256. The number of amides is 3. The van der Waals surface area contributed by atoms with Crippen molar-refractivity contribution in [2.45, 2.75) is 56.8 Å². The fourth-order valence-electron chi connectivity index (χ4n) is 4.25. The first-order chi connectivity index (χ1) is 18.9. The third-order valence-electron chi connectivity index (χ3n) is 6.27. The van der Waals surface area contributed by atoms with Gasteiger partial charge in [0.05, 0.1) is 18.8 Å². The lowest BCUT2D eigenvalue weighted by molar-refractivity contribution is -0.245. The average Bonchev–Trinajstić information content (AvgIpc) is 2.96. The van der Waals surface area contributed by atoms with E-state index in [1.807, 2.05) is 79.7 Å². The molecular weight excluding hydrogens is 514 g/mol. The first-order valence-electron chi connectivity index (χ1n) is 13.0. The number of hydrogen-bond donors (Lipinski definition) is 4. The van der Waals surface area contributed by atoms with Crippen LogP contribution in [0.1, 0.15) is 54.9 Å². The molecule has 8 nitrogen and oxygen atoms in total. The highest BCUT2D eigenvalue weighted by Crippen LogP contribution is 2.39. The molecule has 0 saturated carbocycles. The van der Waals surface area contributed by atoms with Crippen molar-refractivity contribution in [3.05, 3.63) is 95.1 Å². The summed E-state index contributed by atoms with van der Waals surface area (Å²) in [7, 11) is 0. The van der Waals surface area contributed by atoms with Gasteiger partial charge in [0.2, 0.25) is 5.91 Å². The van der Waals surface area contributed by atoms with Crippen molar-refractivity contribution in [1.82, 2.24) is 10.6 Å². The van der Waals surface area contributed by atoms with E-state index >= 15 is 0 Å². The topological polar surface area (TPSA) is 109 Å². The van der Waals surface area contributed by atoms with Gasteiger partial charge in [-0.05, 0) is 47.9 Å². The molecule has 1 saturated heterocycles. The second kappa shape index (κ2) is 14.1. The second-order valence-electron chi connectivity index (χ2n) is 9.32. The van der Waals surface area contributed by atoms with Crippen LogP contribution in [0, 0.1) is 0 Å². The summed E-state index contributed by atoms with van der Waals surface area (Å²) in [5, 5.41) is 17.8. The minimum absolute atomic E-state index is 0.00115. The Balaban J connectivity index is 1.45. The molecule has 9 heteroatoms. The van der Waals surface area contributed by atoms with Crippen molar-refractivity contribution in [3.63, 3.8) is 0 Å². The summed E-state index contributed by atoms with van der Waals surface area (Å²) in [5.41, 5.74) is 4.55. The van der Waals surface area contributed by atoms with E-state index in [1.165, 1.54) is 6.92 Å². The summed E-state index contributed by atoms with van der Waals surface area (Å²) in [6.07, 6.45) is -0.0753. The number of carbonyl (C=O) groups is 2. The molecule has 0 radical (unpaired) electrons. The van der Waals surface area contributed by atoms with Crippen molar-refractivity contribution >= 4 is 29.4 Å². The maximum absolute atomic E-state index is 11.7. The zero-order chi connectivity index (χ0) is 27.6. The molecule has 1 heterocycles. The molecule has 0 aliphatic carbocycles. The van der Waals surface area contributed by atoms with Crippen LogP contribution >= 0.6 is 11.8 Å². The van der Waals surface area contributed by atoms with Crippen LogP contribution < -0.4 is 16.0 Å². The molecule has 1 fully saturated rings. The zero-order valence-electron chi connectivity index (χ0n) is 22.2. The molecule has 4 N–H and O–H groups in total. The number of urea groups is 1. The van der Waals surface area contributed by atoms with Crippen LogP contribution in [0.15, 0.2) is 77.7 Å². The molecule has 0 unspecified atom stereocenters. The van der Waals surface area contributed by atoms with E-state index in [2.05, 4.69) is 16.0 Å². The summed E-state index contributed by atoms with van der Waals surface area (Å²) in [4.78, 5) is 24.1. The fraction of sp³-hybridized carbons (Fsp3) is 0.333. The Bertz CT molecular complexity index is 1220. The Morgan fingerprint density at radius 3 is 2.21 bits per heavy atom. The molecule has 1 aliphatic heterocycles. The second-order valence-corrected chi connectivity index (χ2v) is 10.4. The molecule has 1 aliphatic rings. The molecule has 3 atom stereocenters. The van der Waals surface area contributed by atoms with Gasteiger partial charge in [-0.3, -0.25) is 4.79 Å². The largest absolute Gasteiger partial charge is 0.392 e. The predicted molar refractivity (Wildman–Crippen MR) is 152 cm³/mol. The van der Waals surface area contributed by atoms with E-state index < -0.39 is 6.29 Å². The number of hydrogen-bond acceptors (Lipinski definition) is 6. The number of ether oxygens (including phenoxy) is 2. The standard InChI is InChI=1S/C30H35N3O5S/c1-3-31-30(36)32-17-21-4-10-24(11-5-21)29-37-26(16-28(38-29)23-8-6-22(18-34)7-9-23)19-39-27-14-12-25(13-15-27)33-20(2)35/h4-15,26,28-29,34H,3,16-19H2,1-2H3,(H,33,35)(H2,31,32,36)/t26-,28+,29+/m0/s1. The maximum Gasteiger partial charge on any atom is 0.315 e. The van der Waals surface area contributed by atoms with Crippen molar-refractivity contribution < 1.29 is 24.2 Å². The number of nitrogens with one attached hydrogen (secondary N) is 3.